The molecule has 0 spiro atoms. The summed E-state index contributed by atoms with van der Waals surface area (Å²) in [7, 11) is -0.844. The zero-order valence-electron chi connectivity index (χ0n) is 10.4. The summed E-state index contributed by atoms with van der Waals surface area (Å²) in [6, 6.07) is 0. The maximum absolute atomic E-state index is 11.4. The van der Waals surface area contributed by atoms with Gasteiger partial charge in [0.05, 0.1) is 12.7 Å². The molecule has 2 N–H and O–H groups in total. The molecule has 0 radical (unpaired) electrons. The van der Waals surface area contributed by atoms with Crippen molar-refractivity contribution in [2.24, 2.45) is 0 Å². The first-order valence-corrected chi connectivity index (χ1v) is 7.80. The number of hydrogen-bond acceptors (Lipinski definition) is 4. The van der Waals surface area contributed by atoms with Gasteiger partial charge in [-0.1, -0.05) is 0 Å². The molecule has 1 aliphatic rings. The van der Waals surface area contributed by atoms with Gasteiger partial charge in [0, 0.05) is 35.8 Å². The van der Waals surface area contributed by atoms with Crippen LogP contribution in [0.5, 0.6) is 0 Å². The number of rotatable bonds is 7. The number of carbonyl (C=O) groups is 1. The summed E-state index contributed by atoms with van der Waals surface area (Å²) in [5.41, 5.74) is 0. The highest BCUT2D eigenvalue weighted by molar-refractivity contribution is 7.84. The van der Waals surface area contributed by atoms with E-state index >= 15 is 0 Å². The summed E-state index contributed by atoms with van der Waals surface area (Å²) in [6.45, 7) is 2.96. The molecule has 0 bridgehead atoms. The smallest absolute Gasteiger partial charge is 0.222 e. The lowest BCUT2D eigenvalue weighted by molar-refractivity contribution is -0.122. The third-order valence-corrected chi connectivity index (χ3v) is 3.46. The van der Waals surface area contributed by atoms with Crippen LogP contribution in [0.1, 0.15) is 19.3 Å². The van der Waals surface area contributed by atoms with Crippen molar-refractivity contribution in [2.45, 2.75) is 25.4 Å². The van der Waals surface area contributed by atoms with Crippen LogP contribution in [0, 0.1) is 0 Å². The minimum atomic E-state index is -0.844. The molecular formula is C11H22N2O3S. The molecule has 6 heteroatoms. The first-order chi connectivity index (χ1) is 8.18. The Morgan fingerprint density at radius 3 is 2.82 bits per heavy atom. The lowest BCUT2D eigenvalue weighted by atomic mass is 10.1. The Morgan fingerprint density at radius 1 is 1.47 bits per heavy atom. The van der Waals surface area contributed by atoms with Gasteiger partial charge in [-0.05, 0) is 25.9 Å². The van der Waals surface area contributed by atoms with E-state index in [4.69, 9.17) is 4.74 Å². The Morgan fingerprint density at radius 2 is 2.18 bits per heavy atom. The molecule has 0 aromatic heterocycles. The van der Waals surface area contributed by atoms with Crippen molar-refractivity contribution in [3.63, 3.8) is 0 Å². The predicted octanol–water partition coefficient (Wildman–Crippen LogP) is -0.360. The fraction of sp³-hybridized carbons (Fsp3) is 0.909. The standard InChI is InChI=1S/C11H22N2O3S/c1-17(15)9-7-13-11(14)4-8-16-10-2-5-12-6-3-10/h10,12H,2-9H2,1H3,(H,13,14). The van der Waals surface area contributed by atoms with E-state index in [9.17, 15) is 9.00 Å². The Kier molecular flexibility index (Phi) is 7.39. The van der Waals surface area contributed by atoms with Gasteiger partial charge in [0.25, 0.3) is 0 Å². The highest BCUT2D eigenvalue weighted by Crippen LogP contribution is 2.07. The van der Waals surface area contributed by atoms with Crippen LogP contribution < -0.4 is 10.6 Å². The lowest BCUT2D eigenvalue weighted by Crippen LogP contribution is -2.33. The molecule has 0 aromatic carbocycles. The number of ether oxygens (including phenoxy) is 1. The summed E-state index contributed by atoms with van der Waals surface area (Å²) in [6.07, 6.45) is 4.37. The second-order valence-corrected chi connectivity index (χ2v) is 5.75. The molecule has 1 fully saturated rings. The van der Waals surface area contributed by atoms with Crippen LogP contribution in [-0.4, -0.2) is 54.5 Å². The number of hydrogen-bond donors (Lipinski definition) is 2. The number of nitrogens with one attached hydrogen (secondary N) is 2. The molecule has 1 rings (SSSR count). The fourth-order valence-corrected chi connectivity index (χ4v) is 2.09. The van der Waals surface area contributed by atoms with Crippen molar-refractivity contribution < 1.29 is 13.7 Å². The van der Waals surface area contributed by atoms with Crippen molar-refractivity contribution in [3.8, 4) is 0 Å². The highest BCUT2D eigenvalue weighted by atomic mass is 32.2. The third kappa shape index (κ3) is 7.46. The Bertz CT molecular complexity index is 255. The van der Waals surface area contributed by atoms with Crippen molar-refractivity contribution in [3.05, 3.63) is 0 Å². The summed E-state index contributed by atoms with van der Waals surface area (Å²) in [5, 5.41) is 5.99. The van der Waals surface area contributed by atoms with Crippen molar-refractivity contribution in [2.75, 3.05) is 38.2 Å². The van der Waals surface area contributed by atoms with Gasteiger partial charge < -0.3 is 15.4 Å². The molecule has 5 nitrogen and oxygen atoms in total. The van der Waals surface area contributed by atoms with E-state index in [1.165, 1.54) is 0 Å². The average molecular weight is 262 g/mol. The van der Waals surface area contributed by atoms with Crippen LogP contribution in [-0.2, 0) is 20.3 Å². The largest absolute Gasteiger partial charge is 0.378 e. The summed E-state index contributed by atoms with van der Waals surface area (Å²) in [4.78, 5) is 11.4. The van der Waals surface area contributed by atoms with Crippen LogP contribution in [0.25, 0.3) is 0 Å². The van der Waals surface area contributed by atoms with E-state index < -0.39 is 10.8 Å². The zero-order valence-corrected chi connectivity index (χ0v) is 11.2. The predicted molar refractivity (Wildman–Crippen MR) is 68.4 cm³/mol. The SMILES string of the molecule is CS(=O)CCNC(=O)CCOC1CCNCC1. The van der Waals surface area contributed by atoms with E-state index in [2.05, 4.69) is 10.6 Å². The molecule has 17 heavy (non-hydrogen) atoms. The van der Waals surface area contributed by atoms with Crippen LogP contribution in [0.15, 0.2) is 0 Å². The van der Waals surface area contributed by atoms with Gasteiger partial charge in [-0.15, -0.1) is 0 Å². The Balaban J connectivity index is 1.97. The van der Waals surface area contributed by atoms with E-state index in [0.717, 1.165) is 25.9 Å². The molecule has 1 unspecified atom stereocenters. The first-order valence-electron chi connectivity index (χ1n) is 6.07. The van der Waals surface area contributed by atoms with Gasteiger partial charge in [-0.25, -0.2) is 0 Å². The van der Waals surface area contributed by atoms with Crippen LogP contribution in [0.4, 0.5) is 0 Å². The monoisotopic (exact) mass is 262 g/mol. The van der Waals surface area contributed by atoms with Gasteiger partial charge >= 0.3 is 0 Å². The van der Waals surface area contributed by atoms with E-state index in [1.54, 1.807) is 6.26 Å². The Labute approximate surface area is 105 Å². The van der Waals surface area contributed by atoms with Crippen LogP contribution >= 0.6 is 0 Å². The summed E-state index contributed by atoms with van der Waals surface area (Å²) < 4.78 is 16.4. The molecule has 100 valence electrons. The van der Waals surface area contributed by atoms with Crippen molar-refractivity contribution in [1.29, 1.82) is 0 Å². The van der Waals surface area contributed by atoms with Gasteiger partial charge in [0.15, 0.2) is 0 Å². The second kappa shape index (κ2) is 8.60. The normalized spacial score (nSPS) is 18.9. The van der Waals surface area contributed by atoms with Gasteiger partial charge in [-0.3, -0.25) is 9.00 Å². The molecule has 0 aliphatic carbocycles. The van der Waals surface area contributed by atoms with Crippen molar-refractivity contribution >= 4 is 16.7 Å². The molecular weight excluding hydrogens is 240 g/mol. The third-order valence-electron chi connectivity index (χ3n) is 2.68. The fourth-order valence-electron chi connectivity index (χ4n) is 1.70. The number of amides is 1. The summed E-state index contributed by atoms with van der Waals surface area (Å²) >= 11 is 0. The van der Waals surface area contributed by atoms with Gasteiger partial charge in [0.1, 0.15) is 0 Å². The minimum Gasteiger partial charge on any atom is -0.378 e. The molecule has 0 aromatic rings. The Hall–Kier alpha value is -0.460. The van der Waals surface area contributed by atoms with E-state index in [-0.39, 0.29) is 5.91 Å². The van der Waals surface area contributed by atoms with Gasteiger partial charge in [-0.2, -0.15) is 0 Å². The van der Waals surface area contributed by atoms with E-state index in [1.807, 2.05) is 0 Å². The molecule has 1 heterocycles. The van der Waals surface area contributed by atoms with Crippen LogP contribution in [0.3, 0.4) is 0 Å². The highest BCUT2D eigenvalue weighted by Gasteiger charge is 2.13. The molecule has 1 atom stereocenters. The maximum Gasteiger partial charge on any atom is 0.222 e. The molecule has 1 saturated heterocycles. The van der Waals surface area contributed by atoms with E-state index in [0.29, 0.717) is 31.4 Å². The summed E-state index contributed by atoms with van der Waals surface area (Å²) in [5.74, 6) is 0.491. The zero-order chi connectivity index (χ0) is 12.5. The lowest BCUT2D eigenvalue weighted by Gasteiger charge is -2.22. The first kappa shape index (κ1) is 14.6. The van der Waals surface area contributed by atoms with Crippen LogP contribution in [0.2, 0.25) is 0 Å². The number of carbonyl (C=O) groups excluding carboxylic acids is 1. The maximum atomic E-state index is 11.4. The molecule has 0 saturated carbocycles. The topological polar surface area (TPSA) is 67.4 Å². The van der Waals surface area contributed by atoms with Crippen molar-refractivity contribution in [1.82, 2.24) is 10.6 Å². The van der Waals surface area contributed by atoms with Gasteiger partial charge in [0.2, 0.25) is 5.91 Å². The quantitative estimate of drug-likeness (QED) is 0.657. The average Bonchev–Trinajstić information content (AvgIpc) is 2.30. The number of piperidine rings is 1. The minimum absolute atomic E-state index is 0.0237. The second-order valence-electron chi connectivity index (χ2n) is 4.20. The molecule has 1 amide bonds. The molecule has 1 aliphatic heterocycles.